The van der Waals surface area contributed by atoms with E-state index in [0.717, 1.165) is 11.3 Å². The van der Waals surface area contributed by atoms with Gasteiger partial charge >= 0.3 is 11.8 Å². The summed E-state index contributed by atoms with van der Waals surface area (Å²) in [6.45, 7) is 1.55. The summed E-state index contributed by atoms with van der Waals surface area (Å²) in [7, 11) is 0. The van der Waals surface area contributed by atoms with Crippen LogP contribution in [-0.2, 0) is 9.59 Å². The molecule has 2 aromatic carbocycles. The molecule has 0 bridgehead atoms. The van der Waals surface area contributed by atoms with Crippen LogP contribution < -0.4 is 10.3 Å². The number of hydrazine groups is 1. The first-order chi connectivity index (χ1) is 12.7. The average molecular weight is 348 g/mol. The smallest absolute Gasteiger partial charge is 0.326 e. The van der Waals surface area contributed by atoms with Crippen molar-refractivity contribution in [3.8, 4) is 0 Å². The molecule has 1 N–H and O–H groups in total. The highest BCUT2D eigenvalue weighted by atomic mass is 16.2. The predicted octanol–water partition coefficient (Wildman–Crippen LogP) is 1.68. The zero-order valence-corrected chi connectivity index (χ0v) is 14.3. The summed E-state index contributed by atoms with van der Waals surface area (Å²) >= 11 is 0. The Kier molecular flexibility index (Phi) is 4.41. The summed E-state index contributed by atoms with van der Waals surface area (Å²) in [6, 6.07) is 19.8. The summed E-state index contributed by atoms with van der Waals surface area (Å²) in [4.78, 5) is 28.5. The van der Waals surface area contributed by atoms with Crippen molar-refractivity contribution in [2.24, 2.45) is 0 Å². The second-order valence-corrected chi connectivity index (χ2v) is 6.26. The molecule has 0 aliphatic carbocycles. The third-order valence-electron chi connectivity index (χ3n) is 4.62. The van der Waals surface area contributed by atoms with E-state index < -0.39 is 11.8 Å². The molecule has 2 saturated heterocycles. The van der Waals surface area contributed by atoms with Crippen molar-refractivity contribution in [2.75, 3.05) is 24.5 Å². The number of benzene rings is 2. The van der Waals surface area contributed by atoms with Crippen molar-refractivity contribution >= 4 is 23.6 Å². The molecule has 1 atom stereocenters. The summed E-state index contributed by atoms with van der Waals surface area (Å²) in [5, 5.41) is 1.39. The maximum absolute atomic E-state index is 12.5. The first kappa shape index (κ1) is 16.4. The standard InChI is InChI=1S/C20H20N4O2/c25-18-19(26)24(13-7-10-16-8-3-1-4-9-16)21-20-22(14-15-23(18)20)17-11-5-2-6-12-17/h1-12,20-21H,13-15H2/b10-7+. The van der Waals surface area contributed by atoms with Gasteiger partial charge in [-0.2, -0.15) is 5.43 Å². The van der Waals surface area contributed by atoms with Crippen molar-refractivity contribution in [1.82, 2.24) is 15.3 Å². The molecule has 6 heteroatoms. The third-order valence-corrected chi connectivity index (χ3v) is 4.62. The normalized spacial score (nSPS) is 20.2. The molecule has 132 valence electrons. The van der Waals surface area contributed by atoms with E-state index in [2.05, 4.69) is 10.3 Å². The number of nitrogens with zero attached hydrogens (tertiary/aromatic N) is 3. The van der Waals surface area contributed by atoms with Gasteiger partial charge in [-0.05, 0) is 17.7 Å². The van der Waals surface area contributed by atoms with Gasteiger partial charge in [0.25, 0.3) is 0 Å². The van der Waals surface area contributed by atoms with Crippen LogP contribution in [0.25, 0.3) is 6.08 Å². The highest BCUT2D eigenvalue weighted by Crippen LogP contribution is 2.24. The van der Waals surface area contributed by atoms with Gasteiger partial charge in [-0.15, -0.1) is 0 Å². The molecule has 0 radical (unpaired) electrons. The van der Waals surface area contributed by atoms with Gasteiger partial charge < -0.3 is 4.90 Å². The molecular weight excluding hydrogens is 328 g/mol. The highest BCUT2D eigenvalue weighted by Gasteiger charge is 2.44. The predicted molar refractivity (Wildman–Crippen MR) is 99.6 cm³/mol. The Morgan fingerprint density at radius 2 is 1.54 bits per heavy atom. The Bertz CT molecular complexity index is 822. The number of anilines is 1. The third kappa shape index (κ3) is 3.07. The van der Waals surface area contributed by atoms with Crippen LogP contribution in [0.4, 0.5) is 5.69 Å². The molecular formula is C20H20N4O2. The van der Waals surface area contributed by atoms with Gasteiger partial charge in [-0.25, -0.2) is 0 Å². The van der Waals surface area contributed by atoms with Gasteiger partial charge in [0.15, 0.2) is 6.29 Å². The van der Waals surface area contributed by atoms with Crippen LogP contribution in [0.15, 0.2) is 66.7 Å². The molecule has 2 aliphatic heterocycles. The Labute approximate surface area is 152 Å². The van der Waals surface area contributed by atoms with E-state index in [1.807, 2.05) is 72.8 Å². The lowest BCUT2D eigenvalue weighted by molar-refractivity contribution is -0.162. The van der Waals surface area contributed by atoms with Crippen LogP contribution in [0.2, 0.25) is 0 Å². The van der Waals surface area contributed by atoms with Crippen LogP contribution in [0.1, 0.15) is 5.56 Å². The zero-order chi connectivity index (χ0) is 17.9. The second-order valence-electron chi connectivity index (χ2n) is 6.26. The van der Waals surface area contributed by atoms with E-state index in [0.29, 0.717) is 19.6 Å². The summed E-state index contributed by atoms with van der Waals surface area (Å²) < 4.78 is 0. The van der Waals surface area contributed by atoms with Crippen molar-refractivity contribution in [1.29, 1.82) is 0 Å². The summed E-state index contributed by atoms with van der Waals surface area (Å²) in [5.74, 6) is -0.978. The van der Waals surface area contributed by atoms with E-state index in [9.17, 15) is 9.59 Å². The minimum Gasteiger partial charge on any atom is -0.336 e. The lowest BCUT2D eigenvalue weighted by Gasteiger charge is -2.40. The molecule has 2 aromatic rings. The topological polar surface area (TPSA) is 55.9 Å². The number of carbonyl (C=O) groups is 2. The van der Waals surface area contributed by atoms with Crippen LogP contribution in [0.3, 0.4) is 0 Å². The van der Waals surface area contributed by atoms with Crippen LogP contribution >= 0.6 is 0 Å². The molecule has 0 spiro atoms. The largest absolute Gasteiger partial charge is 0.336 e. The molecule has 4 rings (SSSR count). The summed E-state index contributed by atoms with van der Waals surface area (Å²) in [6.07, 6.45) is 3.48. The van der Waals surface area contributed by atoms with Gasteiger partial charge in [0.05, 0.1) is 6.54 Å². The Balaban J connectivity index is 1.49. The Morgan fingerprint density at radius 1 is 0.885 bits per heavy atom. The fraction of sp³-hybridized carbons (Fsp3) is 0.200. The first-order valence-electron chi connectivity index (χ1n) is 8.66. The van der Waals surface area contributed by atoms with Crippen molar-refractivity contribution in [3.63, 3.8) is 0 Å². The summed E-state index contributed by atoms with van der Waals surface area (Å²) in [5.41, 5.74) is 5.27. The monoisotopic (exact) mass is 348 g/mol. The molecule has 2 amide bonds. The van der Waals surface area contributed by atoms with Gasteiger partial charge in [0, 0.05) is 18.8 Å². The Hall–Kier alpha value is -3.12. The second kappa shape index (κ2) is 7.01. The minimum absolute atomic E-state index is 0.326. The van der Waals surface area contributed by atoms with Crippen molar-refractivity contribution in [3.05, 3.63) is 72.3 Å². The molecule has 1 unspecified atom stereocenters. The number of nitrogens with one attached hydrogen (secondary N) is 1. The Morgan fingerprint density at radius 3 is 2.27 bits per heavy atom. The van der Waals surface area contributed by atoms with Gasteiger partial charge in [-0.1, -0.05) is 60.7 Å². The van der Waals surface area contributed by atoms with E-state index in [1.54, 1.807) is 4.90 Å². The van der Waals surface area contributed by atoms with Gasteiger partial charge in [0.1, 0.15) is 0 Å². The molecule has 2 aliphatic rings. The average Bonchev–Trinajstić information content (AvgIpc) is 3.11. The molecule has 0 saturated carbocycles. The highest BCUT2D eigenvalue weighted by molar-refractivity contribution is 6.35. The molecule has 6 nitrogen and oxygen atoms in total. The maximum Gasteiger partial charge on any atom is 0.326 e. The number of para-hydroxylation sites is 1. The first-order valence-corrected chi connectivity index (χ1v) is 8.66. The van der Waals surface area contributed by atoms with Crippen LogP contribution in [0, 0.1) is 0 Å². The number of rotatable bonds is 4. The lowest BCUT2D eigenvalue weighted by Crippen LogP contribution is -2.67. The fourth-order valence-electron chi connectivity index (χ4n) is 3.30. The maximum atomic E-state index is 12.5. The number of carbonyl (C=O) groups excluding carboxylic acids is 2. The number of fused-ring (bicyclic) bond motifs is 1. The quantitative estimate of drug-likeness (QED) is 0.854. The molecule has 26 heavy (non-hydrogen) atoms. The molecule has 2 fully saturated rings. The van der Waals surface area contributed by atoms with Crippen molar-refractivity contribution < 1.29 is 9.59 Å². The lowest BCUT2D eigenvalue weighted by atomic mass is 10.2. The van der Waals surface area contributed by atoms with Gasteiger partial charge in [0.2, 0.25) is 0 Å². The van der Waals surface area contributed by atoms with Crippen LogP contribution in [-0.4, -0.2) is 47.6 Å². The molecule has 0 aromatic heterocycles. The van der Waals surface area contributed by atoms with Gasteiger partial charge in [-0.3, -0.25) is 19.5 Å². The minimum atomic E-state index is -0.520. The fourth-order valence-corrected chi connectivity index (χ4v) is 3.30. The number of hydrogen-bond donors (Lipinski definition) is 1. The zero-order valence-electron chi connectivity index (χ0n) is 14.3. The van der Waals surface area contributed by atoms with E-state index in [1.165, 1.54) is 5.01 Å². The van der Waals surface area contributed by atoms with Crippen molar-refractivity contribution in [2.45, 2.75) is 6.29 Å². The van der Waals surface area contributed by atoms with E-state index in [-0.39, 0.29) is 6.29 Å². The molecule has 2 heterocycles. The van der Waals surface area contributed by atoms with Crippen LogP contribution in [0.5, 0.6) is 0 Å². The SMILES string of the molecule is O=C1C(=O)N2CCN(c3ccccc3)C2NN1C/C=C/c1ccccc1. The number of hydrogen-bond acceptors (Lipinski definition) is 4. The van der Waals surface area contributed by atoms with E-state index >= 15 is 0 Å². The van der Waals surface area contributed by atoms with E-state index in [4.69, 9.17) is 0 Å². The number of amides is 2.